The van der Waals surface area contributed by atoms with Crippen molar-refractivity contribution in [2.75, 3.05) is 5.32 Å². The summed E-state index contributed by atoms with van der Waals surface area (Å²) in [6.07, 6.45) is 0.530. The Morgan fingerprint density at radius 3 is 2.41 bits per heavy atom. The molecule has 7 heteroatoms. The fourth-order valence-electron chi connectivity index (χ4n) is 3.68. The predicted octanol–water partition coefficient (Wildman–Crippen LogP) is 4.01. The number of rotatable bonds is 6. The quantitative estimate of drug-likeness (QED) is 0.485. The molecule has 0 fully saturated rings. The summed E-state index contributed by atoms with van der Waals surface area (Å²) in [4.78, 5) is 39.1. The maximum Gasteiger partial charge on any atom is 0.331 e. The SMILES string of the molecule is Cc1c(Cl)cccc1NC(=O)Cn1c(=O)n(CCc2ccccc2)c(=O)c2ccccc21. The molecule has 6 nitrogen and oxygen atoms in total. The van der Waals surface area contributed by atoms with E-state index in [1.165, 1.54) is 9.13 Å². The molecule has 0 unspecified atom stereocenters. The molecule has 4 aromatic rings. The van der Waals surface area contributed by atoms with Gasteiger partial charge in [-0.3, -0.25) is 18.7 Å². The molecule has 0 aliphatic heterocycles. The van der Waals surface area contributed by atoms with E-state index in [1.54, 1.807) is 42.5 Å². The standard InChI is InChI=1S/C25H22ClN3O3/c1-17-20(26)11-7-12-21(17)27-23(30)16-29-22-13-6-5-10-19(22)24(31)28(25(29)32)15-14-18-8-3-2-4-9-18/h2-13H,14-16H2,1H3,(H,27,30). The Balaban J connectivity index is 1.70. The van der Waals surface area contributed by atoms with Crippen LogP contribution in [0, 0.1) is 6.92 Å². The van der Waals surface area contributed by atoms with Crippen LogP contribution in [0.1, 0.15) is 11.1 Å². The maximum absolute atomic E-state index is 13.3. The van der Waals surface area contributed by atoms with Crippen LogP contribution >= 0.6 is 11.6 Å². The number of aromatic nitrogens is 2. The first-order valence-corrected chi connectivity index (χ1v) is 10.6. The molecule has 3 aromatic carbocycles. The Bertz CT molecular complexity index is 1410. The molecule has 0 aliphatic rings. The van der Waals surface area contributed by atoms with E-state index >= 15 is 0 Å². The highest BCUT2D eigenvalue weighted by Gasteiger charge is 2.16. The van der Waals surface area contributed by atoms with E-state index in [9.17, 15) is 14.4 Å². The molecule has 1 aromatic heterocycles. The van der Waals surface area contributed by atoms with Gasteiger partial charge in [-0.25, -0.2) is 4.79 Å². The van der Waals surface area contributed by atoms with Gasteiger partial charge < -0.3 is 5.32 Å². The lowest BCUT2D eigenvalue weighted by atomic mass is 10.1. The van der Waals surface area contributed by atoms with Crippen LogP contribution in [0.2, 0.25) is 5.02 Å². The van der Waals surface area contributed by atoms with Crippen LogP contribution in [-0.2, 0) is 24.3 Å². The first kappa shape index (κ1) is 21.6. The third kappa shape index (κ3) is 4.36. The van der Waals surface area contributed by atoms with E-state index in [0.717, 1.165) is 11.1 Å². The molecular weight excluding hydrogens is 426 g/mol. The van der Waals surface area contributed by atoms with E-state index in [4.69, 9.17) is 11.6 Å². The molecule has 4 rings (SSSR count). The molecule has 0 radical (unpaired) electrons. The average Bonchev–Trinajstić information content (AvgIpc) is 2.80. The number of halogens is 1. The molecule has 0 saturated carbocycles. The lowest BCUT2D eigenvalue weighted by Gasteiger charge is -2.15. The number of fused-ring (bicyclic) bond motifs is 1. The van der Waals surface area contributed by atoms with Crippen molar-refractivity contribution in [1.29, 1.82) is 0 Å². The molecule has 162 valence electrons. The zero-order chi connectivity index (χ0) is 22.7. The summed E-state index contributed by atoms with van der Waals surface area (Å²) in [5.41, 5.74) is 1.90. The molecule has 0 spiro atoms. The highest BCUT2D eigenvalue weighted by Crippen LogP contribution is 2.23. The van der Waals surface area contributed by atoms with Gasteiger partial charge in [0.05, 0.1) is 10.9 Å². The summed E-state index contributed by atoms with van der Waals surface area (Å²) in [7, 11) is 0. The highest BCUT2D eigenvalue weighted by molar-refractivity contribution is 6.31. The number of anilines is 1. The maximum atomic E-state index is 13.3. The van der Waals surface area contributed by atoms with Crippen LogP contribution in [-0.4, -0.2) is 15.0 Å². The molecule has 0 bridgehead atoms. The second-order valence-electron chi connectivity index (χ2n) is 7.54. The Morgan fingerprint density at radius 2 is 1.62 bits per heavy atom. The Labute approximate surface area is 189 Å². The number of amides is 1. The van der Waals surface area contributed by atoms with Crippen molar-refractivity contribution < 1.29 is 4.79 Å². The topological polar surface area (TPSA) is 73.1 Å². The van der Waals surface area contributed by atoms with E-state index in [2.05, 4.69) is 5.32 Å². The van der Waals surface area contributed by atoms with E-state index in [-0.39, 0.29) is 24.6 Å². The summed E-state index contributed by atoms with van der Waals surface area (Å²) in [6.45, 7) is 1.81. The van der Waals surface area contributed by atoms with E-state index in [1.807, 2.05) is 37.3 Å². The monoisotopic (exact) mass is 447 g/mol. The van der Waals surface area contributed by atoms with E-state index < -0.39 is 5.69 Å². The number of carbonyl (C=O) groups excluding carboxylic acids is 1. The number of aryl methyl sites for hydroxylation is 1. The highest BCUT2D eigenvalue weighted by atomic mass is 35.5. The number of hydrogen-bond acceptors (Lipinski definition) is 3. The van der Waals surface area contributed by atoms with Gasteiger partial charge in [0.2, 0.25) is 5.91 Å². The average molecular weight is 448 g/mol. The molecule has 1 heterocycles. The van der Waals surface area contributed by atoms with Gasteiger partial charge in [-0.15, -0.1) is 0 Å². The second kappa shape index (κ2) is 9.24. The number of para-hydroxylation sites is 1. The Hall–Kier alpha value is -3.64. The van der Waals surface area contributed by atoms with Crippen molar-refractivity contribution in [1.82, 2.24) is 9.13 Å². The van der Waals surface area contributed by atoms with Gasteiger partial charge in [0.1, 0.15) is 6.54 Å². The Kier molecular flexibility index (Phi) is 6.23. The van der Waals surface area contributed by atoms with Crippen LogP contribution in [0.25, 0.3) is 10.9 Å². The summed E-state index contributed by atoms with van der Waals surface area (Å²) in [5, 5.41) is 3.75. The predicted molar refractivity (Wildman–Crippen MR) is 127 cm³/mol. The van der Waals surface area contributed by atoms with Crippen LogP contribution in [0.15, 0.2) is 82.4 Å². The molecule has 0 atom stereocenters. The van der Waals surface area contributed by atoms with Gasteiger partial charge in [-0.2, -0.15) is 0 Å². The first-order chi connectivity index (χ1) is 15.5. The summed E-state index contributed by atoms with van der Waals surface area (Å²) >= 11 is 6.14. The van der Waals surface area contributed by atoms with Gasteiger partial charge in [-0.1, -0.05) is 60.1 Å². The summed E-state index contributed by atoms with van der Waals surface area (Å²) in [6, 6.07) is 21.7. The summed E-state index contributed by atoms with van der Waals surface area (Å²) < 4.78 is 2.55. The molecule has 1 N–H and O–H groups in total. The number of carbonyl (C=O) groups is 1. The zero-order valence-electron chi connectivity index (χ0n) is 17.5. The third-order valence-electron chi connectivity index (χ3n) is 5.44. The van der Waals surface area contributed by atoms with Crippen LogP contribution < -0.4 is 16.6 Å². The van der Waals surface area contributed by atoms with Crippen LogP contribution in [0.3, 0.4) is 0 Å². The molecule has 1 amide bonds. The van der Waals surface area contributed by atoms with Gasteiger partial charge in [0.25, 0.3) is 5.56 Å². The molecule has 0 saturated heterocycles. The van der Waals surface area contributed by atoms with Crippen molar-refractivity contribution in [3.05, 3.63) is 110 Å². The summed E-state index contributed by atoms with van der Waals surface area (Å²) in [5.74, 6) is -0.379. The molecule has 0 aliphatic carbocycles. The minimum Gasteiger partial charge on any atom is -0.324 e. The fraction of sp³-hybridized carbons (Fsp3) is 0.160. The minimum absolute atomic E-state index is 0.224. The van der Waals surface area contributed by atoms with Crippen molar-refractivity contribution in [2.45, 2.75) is 26.4 Å². The third-order valence-corrected chi connectivity index (χ3v) is 5.85. The smallest absolute Gasteiger partial charge is 0.324 e. The fourth-order valence-corrected chi connectivity index (χ4v) is 3.86. The van der Waals surface area contributed by atoms with Crippen molar-refractivity contribution in [3.8, 4) is 0 Å². The van der Waals surface area contributed by atoms with Gasteiger partial charge in [0.15, 0.2) is 0 Å². The lowest BCUT2D eigenvalue weighted by molar-refractivity contribution is -0.116. The number of nitrogens with one attached hydrogen (secondary N) is 1. The van der Waals surface area contributed by atoms with Crippen molar-refractivity contribution >= 4 is 34.1 Å². The van der Waals surface area contributed by atoms with Gasteiger partial charge in [0, 0.05) is 17.3 Å². The minimum atomic E-state index is -0.511. The largest absolute Gasteiger partial charge is 0.331 e. The van der Waals surface area contributed by atoms with Crippen molar-refractivity contribution in [3.63, 3.8) is 0 Å². The van der Waals surface area contributed by atoms with Crippen LogP contribution in [0.4, 0.5) is 5.69 Å². The number of benzene rings is 3. The van der Waals surface area contributed by atoms with Crippen LogP contribution in [0.5, 0.6) is 0 Å². The number of nitrogens with zero attached hydrogens (tertiary/aromatic N) is 2. The lowest BCUT2D eigenvalue weighted by Crippen LogP contribution is -2.42. The Morgan fingerprint density at radius 1 is 0.906 bits per heavy atom. The number of hydrogen-bond donors (Lipinski definition) is 1. The first-order valence-electron chi connectivity index (χ1n) is 10.3. The molecule has 32 heavy (non-hydrogen) atoms. The molecular formula is C25H22ClN3O3. The normalized spacial score (nSPS) is 10.9. The van der Waals surface area contributed by atoms with Gasteiger partial charge in [-0.05, 0) is 48.7 Å². The van der Waals surface area contributed by atoms with Crippen molar-refractivity contribution in [2.24, 2.45) is 0 Å². The zero-order valence-corrected chi connectivity index (χ0v) is 18.3. The van der Waals surface area contributed by atoms with Gasteiger partial charge >= 0.3 is 5.69 Å². The van der Waals surface area contributed by atoms with E-state index in [0.29, 0.717) is 28.0 Å². The second-order valence-corrected chi connectivity index (χ2v) is 7.95.